The molecule has 1 atom stereocenters. The van der Waals surface area contributed by atoms with E-state index >= 15 is 0 Å². The van der Waals surface area contributed by atoms with E-state index in [0.717, 1.165) is 0 Å². The lowest BCUT2D eigenvalue weighted by molar-refractivity contribution is 0.226. The van der Waals surface area contributed by atoms with Crippen LogP contribution in [0.3, 0.4) is 0 Å². The SMILES string of the molecule is CNC1CCCc2sc(N3CCC4(CCCC4)CC3)nc21. The molecule has 2 aliphatic carbocycles. The van der Waals surface area contributed by atoms with Crippen molar-refractivity contribution in [2.45, 2.75) is 63.8 Å². The highest BCUT2D eigenvalue weighted by Gasteiger charge is 2.37. The molecule has 0 radical (unpaired) electrons. The lowest BCUT2D eigenvalue weighted by Gasteiger charge is -2.39. The minimum absolute atomic E-state index is 0.490. The number of piperidine rings is 1. The normalized spacial score (nSPS) is 28.0. The van der Waals surface area contributed by atoms with Gasteiger partial charge in [-0.3, -0.25) is 0 Å². The Bertz CT molecular complexity index is 494. The van der Waals surface area contributed by atoms with Gasteiger partial charge in [-0.05, 0) is 57.4 Å². The Morgan fingerprint density at radius 3 is 2.62 bits per heavy atom. The number of fused-ring (bicyclic) bond motifs is 1. The van der Waals surface area contributed by atoms with E-state index < -0.39 is 0 Å². The minimum atomic E-state index is 0.490. The average Bonchev–Trinajstić information content (AvgIpc) is 3.15. The van der Waals surface area contributed by atoms with Crippen LogP contribution in [0.5, 0.6) is 0 Å². The van der Waals surface area contributed by atoms with Gasteiger partial charge >= 0.3 is 0 Å². The Labute approximate surface area is 132 Å². The summed E-state index contributed by atoms with van der Waals surface area (Å²) in [5.74, 6) is 0. The Morgan fingerprint density at radius 2 is 1.90 bits per heavy atom. The number of aromatic nitrogens is 1. The summed E-state index contributed by atoms with van der Waals surface area (Å²) in [5, 5.41) is 4.74. The standard InChI is InChI=1S/C17H27N3S/c1-18-13-5-4-6-14-15(13)19-16(21-14)20-11-9-17(10-12-20)7-2-3-8-17/h13,18H,2-12H2,1H3. The quantitative estimate of drug-likeness (QED) is 0.898. The second-order valence-electron chi connectivity index (χ2n) is 7.23. The monoisotopic (exact) mass is 305 g/mol. The highest BCUT2D eigenvalue weighted by atomic mass is 32.1. The Balaban J connectivity index is 1.49. The van der Waals surface area contributed by atoms with Crippen LogP contribution in [0, 0.1) is 5.41 Å². The van der Waals surface area contributed by atoms with Crippen LogP contribution in [-0.2, 0) is 6.42 Å². The van der Waals surface area contributed by atoms with Gasteiger partial charge in [-0.1, -0.05) is 12.8 Å². The Morgan fingerprint density at radius 1 is 1.14 bits per heavy atom. The minimum Gasteiger partial charge on any atom is -0.348 e. The van der Waals surface area contributed by atoms with Crippen molar-refractivity contribution in [2.24, 2.45) is 5.41 Å². The molecule has 21 heavy (non-hydrogen) atoms. The van der Waals surface area contributed by atoms with Gasteiger partial charge in [0.25, 0.3) is 0 Å². The van der Waals surface area contributed by atoms with Crippen LogP contribution in [0.4, 0.5) is 5.13 Å². The smallest absolute Gasteiger partial charge is 0.185 e. The number of hydrogen-bond acceptors (Lipinski definition) is 4. The number of nitrogens with zero attached hydrogens (tertiary/aromatic N) is 2. The van der Waals surface area contributed by atoms with E-state index in [4.69, 9.17) is 4.98 Å². The molecule has 1 saturated carbocycles. The molecule has 1 N–H and O–H groups in total. The fourth-order valence-corrected chi connectivity index (χ4v) is 5.83. The van der Waals surface area contributed by atoms with Gasteiger partial charge in [0.2, 0.25) is 0 Å². The van der Waals surface area contributed by atoms with Crippen molar-refractivity contribution in [2.75, 3.05) is 25.0 Å². The summed E-state index contributed by atoms with van der Waals surface area (Å²) in [5.41, 5.74) is 2.06. The third-order valence-corrected chi connectivity index (χ3v) is 7.24. The van der Waals surface area contributed by atoms with Gasteiger partial charge < -0.3 is 10.2 Å². The number of rotatable bonds is 2. The Kier molecular flexibility index (Phi) is 3.70. The molecule has 0 aromatic carbocycles. The molecule has 1 saturated heterocycles. The van der Waals surface area contributed by atoms with E-state index in [0.29, 0.717) is 11.5 Å². The van der Waals surface area contributed by atoms with Crippen molar-refractivity contribution < 1.29 is 0 Å². The molecule has 3 nitrogen and oxygen atoms in total. The summed E-state index contributed by atoms with van der Waals surface area (Å²) in [6, 6.07) is 0.490. The molecule has 2 heterocycles. The largest absolute Gasteiger partial charge is 0.348 e. The molecule has 1 aromatic rings. The maximum Gasteiger partial charge on any atom is 0.185 e. The van der Waals surface area contributed by atoms with Crippen LogP contribution < -0.4 is 10.2 Å². The number of hydrogen-bond donors (Lipinski definition) is 1. The van der Waals surface area contributed by atoms with Gasteiger partial charge in [0.05, 0.1) is 11.7 Å². The molecule has 0 amide bonds. The molecule has 4 heteroatoms. The molecule has 2 fully saturated rings. The highest BCUT2D eigenvalue weighted by molar-refractivity contribution is 7.15. The van der Waals surface area contributed by atoms with Crippen molar-refractivity contribution in [1.29, 1.82) is 0 Å². The number of thiazole rings is 1. The first-order valence-corrected chi connectivity index (χ1v) is 9.53. The molecule has 1 aromatic heterocycles. The van der Waals surface area contributed by atoms with Crippen molar-refractivity contribution in [3.63, 3.8) is 0 Å². The zero-order valence-electron chi connectivity index (χ0n) is 13.2. The van der Waals surface area contributed by atoms with Crippen LogP contribution >= 0.6 is 11.3 Å². The van der Waals surface area contributed by atoms with Crippen LogP contribution in [0.1, 0.15) is 68.0 Å². The average molecular weight is 305 g/mol. The fourth-order valence-electron chi connectivity index (χ4n) is 4.62. The summed E-state index contributed by atoms with van der Waals surface area (Å²) < 4.78 is 0. The maximum absolute atomic E-state index is 5.02. The second kappa shape index (κ2) is 5.54. The maximum atomic E-state index is 5.02. The summed E-state index contributed by atoms with van der Waals surface area (Å²) >= 11 is 1.97. The van der Waals surface area contributed by atoms with E-state index in [9.17, 15) is 0 Å². The predicted octanol–water partition coefficient (Wildman–Crippen LogP) is 3.90. The van der Waals surface area contributed by atoms with Gasteiger partial charge in [0.1, 0.15) is 0 Å². The number of nitrogens with one attached hydrogen (secondary N) is 1. The van der Waals surface area contributed by atoms with Crippen molar-refractivity contribution in [3.8, 4) is 0 Å². The first-order valence-electron chi connectivity index (χ1n) is 8.71. The number of aryl methyl sites for hydroxylation is 1. The van der Waals surface area contributed by atoms with Crippen molar-refractivity contribution in [3.05, 3.63) is 10.6 Å². The third-order valence-electron chi connectivity index (χ3n) is 6.05. The van der Waals surface area contributed by atoms with E-state index in [1.807, 2.05) is 11.3 Å². The summed E-state index contributed by atoms with van der Waals surface area (Å²) in [6.45, 7) is 2.47. The second-order valence-corrected chi connectivity index (χ2v) is 8.29. The van der Waals surface area contributed by atoms with Crippen LogP contribution in [0.15, 0.2) is 0 Å². The molecule has 4 rings (SSSR count). The first kappa shape index (κ1) is 14.0. The Hall–Kier alpha value is -0.610. The molecular formula is C17H27N3S. The molecule has 1 spiro atoms. The molecule has 1 aliphatic heterocycles. The summed E-state index contributed by atoms with van der Waals surface area (Å²) in [4.78, 5) is 9.13. The molecule has 0 bridgehead atoms. The highest BCUT2D eigenvalue weighted by Crippen LogP contribution is 2.47. The first-order chi connectivity index (χ1) is 10.3. The van der Waals surface area contributed by atoms with Crippen LogP contribution in [-0.4, -0.2) is 25.1 Å². The lowest BCUT2D eigenvalue weighted by Crippen LogP contribution is -2.38. The van der Waals surface area contributed by atoms with Gasteiger partial charge in [-0.25, -0.2) is 4.98 Å². The fraction of sp³-hybridized carbons (Fsp3) is 0.824. The van der Waals surface area contributed by atoms with Crippen LogP contribution in [0.25, 0.3) is 0 Å². The van der Waals surface area contributed by atoms with Gasteiger partial charge in [-0.2, -0.15) is 0 Å². The van der Waals surface area contributed by atoms with Crippen molar-refractivity contribution >= 4 is 16.5 Å². The lowest BCUT2D eigenvalue weighted by atomic mass is 9.77. The molecular weight excluding hydrogens is 278 g/mol. The topological polar surface area (TPSA) is 28.2 Å². The molecule has 3 aliphatic rings. The predicted molar refractivity (Wildman–Crippen MR) is 89.2 cm³/mol. The van der Waals surface area contributed by atoms with Gasteiger partial charge in [-0.15, -0.1) is 11.3 Å². The summed E-state index contributed by atoms with van der Waals surface area (Å²) in [7, 11) is 2.07. The molecule has 1 unspecified atom stereocenters. The third kappa shape index (κ3) is 2.50. The van der Waals surface area contributed by atoms with E-state index in [-0.39, 0.29) is 0 Å². The van der Waals surface area contributed by atoms with E-state index in [2.05, 4.69) is 17.3 Å². The van der Waals surface area contributed by atoms with Gasteiger partial charge in [0, 0.05) is 18.0 Å². The van der Waals surface area contributed by atoms with Crippen LogP contribution in [0.2, 0.25) is 0 Å². The zero-order valence-corrected chi connectivity index (χ0v) is 14.0. The van der Waals surface area contributed by atoms with Crippen molar-refractivity contribution in [1.82, 2.24) is 10.3 Å². The number of anilines is 1. The molecule has 116 valence electrons. The van der Waals surface area contributed by atoms with Gasteiger partial charge in [0.15, 0.2) is 5.13 Å². The van der Waals surface area contributed by atoms with E-state index in [1.54, 1.807) is 0 Å². The zero-order chi connectivity index (χ0) is 14.3. The van der Waals surface area contributed by atoms with E-state index in [1.165, 1.54) is 86.6 Å². The summed E-state index contributed by atoms with van der Waals surface area (Å²) in [6.07, 6.45) is 12.5.